The molecule has 0 saturated heterocycles. The number of carbonyl (C=O) groups is 2. The fraction of sp³-hybridized carbons (Fsp3) is 0.150. The molecule has 0 spiro atoms. The van der Waals surface area contributed by atoms with Crippen LogP contribution in [0.5, 0.6) is 5.75 Å². The summed E-state index contributed by atoms with van der Waals surface area (Å²) in [7, 11) is 1.53. The topological polar surface area (TPSA) is 97.3 Å². The molecule has 0 bridgehead atoms. The van der Waals surface area contributed by atoms with E-state index in [1.807, 2.05) is 0 Å². The molecule has 2 aromatic carbocycles. The first-order chi connectivity index (χ1) is 14.7. The van der Waals surface area contributed by atoms with Gasteiger partial charge in [0.15, 0.2) is 0 Å². The number of alkyl halides is 3. The second kappa shape index (κ2) is 9.20. The Morgan fingerprint density at radius 2 is 1.71 bits per heavy atom. The Morgan fingerprint density at radius 1 is 1.00 bits per heavy atom. The summed E-state index contributed by atoms with van der Waals surface area (Å²) < 4.78 is 45.4. The van der Waals surface area contributed by atoms with Crippen LogP contribution in [0.3, 0.4) is 0 Å². The highest BCUT2D eigenvalue weighted by molar-refractivity contribution is 6.00. The number of hydrogen-bond donors (Lipinski definition) is 3. The van der Waals surface area contributed by atoms with Crippen LogP contribution in [-0.2, 0) is 17.5 Å². The molecule has 3 aromatic rings. The monoisotopic (exact) mass is 433 g/mol. The van der Waals surface area contributed by atoms with Crippen LogP contribution >= 0.6 is 0 Å². The number of carbonyl (C=O) groups excluding carboxylic acids is 2. The molecule has 0 aliphatic carbocycles. The fourth-order valence-electron chi connectivity index (χ4n) is 2.66. The van der Waals surface area contributed by atoms with E-state index >= 15 is 0 Å². The van der Waals surface area contributed by atoms with Gasteiger partial charge in [-0.3, -0.25) is 9.48 Å². The summed E-state index contributed by atoms with van der Waals surface area (Å²) in [5, 5.41) is 11.2. The number of halogens is 3. The van der Waals surface area contributed by atoms with Gasteiger partial charge in [0, 0.05) is 11.9 Å². The van der Waals surface area contributed by atoms with Crippen molar-refractivity contribution in [1.29, 1.82) is 0 Å². The number of hydrogen-bond acceptors (Lipinski definition) is 4. The molecule has 0 aliphatic heterocycles. The number of nitrogens with zero attached hydrogens (tertiary/aromatic N) is 2. The van der Waals surface area contributed by atoms with Gasteiger partial charge in [0.1, 0.15) is 12.3 Å². The Kier molecular flexibility index (Phi) is 6.43. The van der Waals surface area contributed by atoms with Crippen molar-refractivity contribution in [2.75, 3.05) is 23.1 Å². The van der Waals surface area contributed by atoms with Crippen LogP contribution < -0.4 is 20.7 Å². The van der Waals surface area contributed by atoms with Gasteiger partial charge in [-0.2, -0.15) is 18.3 Å². The fourth-order valence-corrected chi connectivity index (χ4v) is 2.66. The Bertz CT molecular complexity index is 1060. The highest BCUT2D eigenvalue weighted by atomic mass is 19.4. The molecule has 0 atom stereocenters. The zero-order chi connectivity index (χ0) is 22.4. The van der Waals surface area contributed by atoms with Crippen LogP contribution in [0.2, 0.25) is 0 Å². The van der Waals surface area contributed by atoms with Crippen LogP contribution in [0.15, 0.2) is 60.9 Å². The summed E-state index contributed by atoms with van der Waals surface area (Å²) >= 11 is 0. The molecule has 3 rings (SSSR count). The van der Waals surface area contributed by atoms with Gasteiger partial charge in [0.2, 0.25) is 5.91 Å². The van der Waals surface area contributed by atoms with E-state index in [1.165, 1.54) is 36.3 Å². The minimum absolute atomic E-state index is 0.133. The molecular weight excluding hydrogens is 415 g/mol. The molecule has 3 amide bonds. The minimum atomic E-state index is -4.61. The van der Waals surface area contributed by atoms with E-state index in [-0.39, 0.29) is 23.8 Å². The van der Waals surface area contributed by atoms with E-state index in [9.17, 15) is 22.8 Å². The van der Waals surface area contributed by atoms with Gasteiger partial charge in [-0.1, -0.05) is 12.1 Å². The number of anilines is 3. The number of ether oxygens (including phenoxy) is 1. The summed E-state index contributed by atoms with van der Waals surface area (Å²) in [6.45, 7) is -0.133. The van der Waals surface area contributed by atoms with Gasteiger partial charge in [0.05, 0.1) is 30.2 Å². The van der Waals surface area contributed by atoms with Crippen molar-refractivity contribution in [3.8, 4) is 5.75 Å². The van der Waals surface area contributed by atoms with Crippen molar-refractivity contribution in [2.45, 2.75) is 12.7 Å². The van der Waals surface area contributed by atoms with E-state index in [1.54, 1.807) is 24.3 Å². The molecule has 3 N–H and O–H groups in total. The smallest absolute Gasteiger partial charge is 0.418 e. The predicted octanol–water partition coefficient (Wildman–Crippen LogP) is 4.19. The molecule has 1 heterocycles. The van der Waals surface area contributed by atoms with Crippen molar-refractivity contribution in [2.24, 2.45) is 0 Å². The first-order valence-electron chi connectivity index (χ1n) is 8.95. The summed E-state index contributed by atoms with van der Waals surface area (Å²) in [4.78, 5) is 24.2. The van der Waals surface area contributed by atoms with Crippen LogP contribution in [0.25, 0.3) is 0 Å². The predicted molar refractivity (Wildman–Crippen MR) is 108 cm³/mol. The number of nitrogens with one attached hydrogen (secondary N) is 3. The normalized spacial score (nSPS) is 11.0. The zero-order valence-electron chi connectivity index (χ0n) is 16.2. The van der Waals surface area contributed by atoms with Crippen molar-refractivity contribution >= 4 is 29.0 Å². The van der Waals surface area contributed by atoms with Gasteiger partial charge in [0.25, 0.3) is 0 Å². The second-order valence-corrected chi connectivity index (χ2v) is 6.33. The van der Waals surface area contributed by atoms with Crippen LogP contribution in [-0.4, -0.2) is 28.8 Å². The van der Waals surface area contributed by atoms with Crippen molar-refractivity contribution < 1.29 is 27.5 Å². The van der Waals surface area contributed by atoms with Crippen molar-refractivity contribution in [3.05, 3.63) is 66.5 Å². The van der Waals surface area contributed by atoms with E-state index in [0.717, 1.165) is 12.1 Å². The first kappa shape index (κ1) is 21.7. The maximum atomic E-state index is 13.0. The molecule has 1 aromatic heterocycles. The lowest BCUT2D eigenvalue weighted by atomic mass is 10.1. The van der Waals surface area contributed by atoms with Crippen molar-refractivity contribution in [3.63, 3.8) is 0 Å². The molecule has 8 nitrogen and oxygen atoms in total. The van der Waals surface area contributed by atoms with Crippen LogP contribution in [0, 0.1) is 0 Å². The number of aromatic nitrogens is 2. The second-order valence-electron chi connectivity index (χ2n) is 6.33. The number of para-hydroxylation sites is 1. The van der Waals surface area contributed by atoms with Gasteiger partial charge in [-0.25, -0.2) is 4.79 Å². The molecule has 162 valence electrons. The molecule has 11 heteroatoms. The SMILES string of the molecule is COc1ccc(NC(=O)Cn2cc(NC(=O)Nc3ccccc3C(F)(F)F)cn2)cc1. The quantitative estimate of drug-likeness (QED) is 0.543. The lowest BCUT2D eigenvalue weighted by molar-refractivity contribution is -0.136. The Labute approximate surface area is 175 Å². The summed E-state index contributed by atoms with van der Waals surface area (Å²) in [5.74, 6) is 0.292. The Hall–Kier alpha value is -4.02. The van der Waals surface area contributed by atoms with E-state index in [2.05, 4.69) is 21.0 Å². The minimum Gasteiger partial charge on any atom is -0.497 e. The van der Waals surface area contributed by atoms with E-state index in [0.29, 0.717) is 11.4 Å². The third-order valence-corrected chi connectivity index (χ3v) is 4.05. The third kappa shape index (κ3) is 5.98. The van der Waals surface area contributed by atoms with E-state index < -0.39 is 17.8 Å². The van der Waals surface area contributed by atoms with Crippen LogP contribution in [0.4, 0.5) is 35.0 Å². The highest BCUT2D eigenvalue weighted by Gasteiger charge is 2.33. The Morgan fingerprint density at radius 3 is 2.39 bits per heavy atom. The number of methoxy groups -OCH3 is 1. The number of rotatable bonds is 6. The molecule has 31 heavy (non-hydrogen) atoms. The highest BCUT2D eigenvalue weighted by Crippen LogP contribution is 2.34. The van der Waals surface area contributed by atoms with E-state index in [4.69, 9.17) is 4.74 Å². The van der Waals surface area contributed by atoms with Gasteiger partial charge in [-0.05, 0) is 36.4 Å². The lowest BCUT2D eigenvalue weighted by Crippen LogP contribution is -2.21. The summed E-state index contributed by atoms with van der Waals surface area (Å²) in [6.07, 6.45) is -1.95. The maximum Gasteiger partial charge on any atom is 0.418 e. The van der Waals surface area contributed by atoms with Gasteiger partial charge in [-0.15, -0.1) is 0 Å². The summed E-state index contributed by atoms with van der Waals surface area (Å²) in [6, 6.07) is 10.5. The van der Waals surface area contributed by atoms with Gasteiger partial charge < -0.3 is 20.7 Å². The molecule has 0 fully saturated rings. The number of urea groups is 1. The average Bonchev–Trinajstić information content (AvgIpc) is 3.14. The van der Waals surface area contributed by atoms with Gasteiger partial charge >= 0.3 is 12.2 Å². The summed E-state index contributed by atoms with van der Waals surface area (Å²) in [5.41, 5.74) is -0.562. The Balaban J connectivity index is 1.56. The number of amides is 3. The molecule has 0 aliphatic rings. The lowest BCUT2D eigenvalue weighted by Gasteiger charge is -2.13. The largest absolute Gasteiger partial charge is 0.497 e. The van der Waals surface area contributed by atoms with Crippen molar-refractivity contribution in [1.82, 2.24) is 9.78 Å². The third-order valence-electron chi connectivity index (χ3n) is 4.05. The standard InChI is InChI=1S/C20H18F3N5O3/c1-31-15-8-6-13(7-9-15)25-18(29)12-28-11-14(10-24-28)26-19(30)27-17-5-3-2-4-16(17)20(21,22)23/h2-11H,12H2,1H3,(H,25,29)(H2,26,27,30). The maximum absolute atomic E-state index is 13.0. The number of benzene rings is 2. The zero-order valence-corrected chi connectivity index (χ0v) is 16.2. The molecule has 0 unspecified atom stereocenters. The molecule has 0 saturated carbocycles. The molecular formula is C20H18F3N5O3. The molecule has 0 radical (unpaired) electrons. The average molecular weight is 433 g/mol. The van der Waals surface area contributed by atoms with Crippen LogP contribution in [0.1, 0.15) is 5.56 Å². The first-order valence-corrected chi connectivity index (χ1v) is 8.95.